The van der Waals surface area contributed by atoms with Gasteiger partial charge < -0.3 is 0 Å². The zero-order valence-corrected chi connectivity index (χ0v) is 7.51. The summed E-state index contributed by atoms with van der Waals surface area (Å²) in [6.07, 6.45) is 4.57. The summed E-state index contributed by atoms with van der Waals surface area (Å²) in [6, 6.07) is 4.45. The molecule has 0 unspecified atom stereocenters. The Kier molecular flexibility index (Phi) is 2.71. The van der Waals surface area contributed by atoms with Gasteiger partial charge in [-0.1, -0.05) is 19.8 Å². The van der Waals surface area contributed by atoms with Crippen molar-refractivity contribution in [1.82, 2.24) is 0 Å². The predicted octanol–water partition coefficient (Wildman–Crippen LogP) is 2.62. The average molecular weight is 162 g/mol. The first-order valence-corrected chi connectivity index (χ1v) is 4.51. The maximum atomic E-state index is 8.99. The van der Waals surface area contributed by atoms with Gasteiger partial charge in [0.2, 0.25) is 0 Å². The molecule has 0 bridgehead atoms. The molecule has 0 aromatic heterocycles. The van der Waals surface area contributed by atoms with Crippen molar-refractivity contribution in [3.63, 3.8) is 0 Å². The van der Waals surface area contributed by atoms with Crippen LogP contribution in [-0.4, -0.2) is 0 Å². The molecule has 0 spiro atoms. The van der Waals surface area contributed by atoms with Gasteiger partial charge in [0.15, 0.2) is 0 Å². The molecule has 0 heterocycles. The zero-order valence-electron chi connectivity index (χ0n) is 7.51. The van der Waals surface area contributed by atoms with Crippen molar-refractivity contribution in [2.75, 3.05) is 0 Å². The van der Waals surface area contributed by atoms with Crippen molar-refractivity contribution in [3.8, 4) is 12.1 Å². The Morgan fingerprint density at radius 1 is 1.50 bits per heavy atom. The third-order valence-corrected chi connectivity index (χ3v) is 2.75. The molecule has 2 atom stereocenters. The Balaban J connectivity index is 2.67. The molecule has 0 aromatic carbocycles. The molecule has 1 rings (SSSR count). The van der Waals surface area contributed by atoms with Gasteiger partial charge in [0.25, 0.3) is 0 Å². The van der Waals surface area contributed by atoms with E-state index in [0.29, 0.717) is 12.3 Å². The molecule has 0 amide bonds. The minimum absolute atomic E-state index is 0.313. The van der Waals surface area contributed by atoms with Gasteiger partial charge in [0.05, 0.1) is 24.0 Å². The summed E-state index contributed by atoms with van der Waals surface area (Å²) in [6.45, 7) is 2.17. The fraction of sp³-hybridized carbons (Fsp3) is 0.800. The summed E-state index contributed by atoms with van der Waals surface area (Å²) >= 11 is 0. The molecule has 0 aromatic rings. The molecule has 1 aliphatic rings. The first-order chi connectivity index (χ1) is 5.72. The quantitative estimate of drug-likeness (QED) is 0.595. The fourth-order valence-corrected chi connectivity index (χ4v) is 2.11. The van der Waals surface area contributed by atoms with E-state index in [0.717, 1.165) is 19.3 Å². The second kappa shape index (κ2) is 3.59. The molecule has 1 aliphatic carbocycles. The van der Waals surface area contributed by atoms with Crippen LogP contribution in [-0.2, 0) is 0 Å². The number of hydrogen-bond donors (Lipinski definition) is 0. The Morgan fingerprint density at radius 3 is 2.75 bits per heavy atom. The molecule has 2 heteroatoms. The van der Waals surface area contributed by atoms with Gasteiger partial charge in [0.1, 0.15) is 0 Å². The number of nitriles is 2. The minimum Gasteiger partial charge on any atom is -0.198 e. The molecule has 1 fully saturated rings. The van der Waals surface area contributed by atoms with Gasteiger partial charge in [-0.15, -0.1) is 0 Å². The SMILES string of the molecule is C[C@@H]1CCC[C@](C#N)(CC#N)C1. The highest BCUT2D eigenvalue weighted by Gasteiger charge is 2.34. The van der Waals surface area contributed by atoms with Gasteiger partial charge >= 0.3 is 0 Å². The van der Waals surface area contributed by atoms with Crippen LogP contribution in [0.5, 0.6) is 0 Å². The van der Waals surface area contributed by atoms with Crippen LogP contribution in [0.25, 0.3) is 0 Å². The topological polar surface area (TPSA) is 47.6 Å². The largest absolute Gasteiger partial charge is 0.198 e. The summed E-state index contributed by atoms with van der Waals surface area (Å²) < 4.78 is 0. The van der Waals surface area contributed by atoms with Crippen molar-refractivity contribution in [2.24, 2.45) is 11.3 Å². The Bertz CT molecular complexity index is 233. The summed E-state index contributed by atoms with van der Waals surface area (Å²) in [5, 5.41) is 17.6. The van der Waals surface area contributed by atoms with Crippen LogP contribution in [0.3, 0.4) is 0 Å². The lowest BCUT2D eigenvalue weighted by atomic mass is 9.69. The van der Waals surface area contributed by atoms with Gasteiger partial charge in [-0.05, 0) is 18.8 Å². The van der Waals surface area contributed by atoms with E-state index in [9.17, 15) is 0 Å². The van der Waals surface area contributed by atoms with E-state index in [1.807, 2.05) is 0 Å². The molecule has 1 saturated carbocycles. The van der Waals surface area contributed by atoms with Crippen LogP contribution in [0.1, 0.15) is 39.0 Å². The average Bonchev–Trinajstić information content (AvgIpc) is 2.05. The smallest absolute Gasteiger partial charge is 0.0706 e. The van der Waals surface area contributed by atoms with Crippen LogP contribution in [0.2, 0.25) is 0 Å². The molecule has 0 aliphatic heterocycles. The maximum Gasteiger partial charge on any atom is 0.0706 e. The number of hydrogen-bond acceptors (Lipinski definition) is 2. The van der Waals surface area contributed by atoms with Gasteiger partial charge in [-0.2, -0.15) is 10.5 Å². The van der Waals surface area contributed by atoms with E-state index in [1.165, 1.54) is 6.42 Å². The lowest BCUT2D eigenvalue weighted by Crippen LogP contribution is -2.25. The number of rotatable bonds is 1. The predicted molar refractivity (Wildman–Crippen MR) is 45.9 cm³/mol. The minimum atomic E-state index is -0.313. The van der Waals surface area contributed by atoms with Crippen LogP contribution in [0, 0.1) is 34.0 Å². The summed E-state index contributed by atoms with van der Waals surface area (Å²) in [7, 11) is 0. The van der Waals surface area contributed by atoms with Gasteiger partial charge in [-0.25, -0.2) is 0 Å². The lowest BCUT2D eigenvalue weighted by Gasteiger charge is -2.32. The van der Waals surface area contributed by atoms with Crippen LogP contribution < -0.4 is 0 Å². The zero-order chi connectivity index (χ0) is 9.03. The van der Waals surface area contributed by atoms with Gasteiger partial charge in [-0.3, -0.25) is 0 Å². The van der Waals surface area contributed by atoms with E-state index in [1.54, 1.807) is 0 Å². The third-order valence-electron chi connectivity index (χ3n) is 2.75. The molecule has 0 N–H and O–H groups in total. The standard InChI is InChI=1S/C10H14N2/c1-9-3-2-4-10(7-9,8-12)5-6-11/h9H,2-5,7H2,1H3/t9-,10+/m1/s1. The Morgan fingerprint density at radius 2 is 2.25 bits per heavy atom. The van der Waals surface area contributed by atoms with E-state index < -0.39 is 0 Å². The van der Waals surface area contributed by atoms with E-state index in [2.05, 4.69) is 19.1 Å². The first-order valence-electron chi connectivity index (χ1n) is 4.51. The molecular formula is C10H14N2. The van der Waals surface area contributed by atoms with Gasteiger partial charge in [0, 0.05) is 0 Å². The molecule has 2 nitrogen and oxygen atoms in total. The van der Waals surface area contributed by atoms with Crippen molar-refractivity contribution in [3.05, 3.63) is 0 Å². The highest BCUT2D eigenvalue weighted by Crippen LogP contribution is 2.40. The Hall–Kier alpha value is -1.02. The summed E-state index contributed by atoms with van der Waals surface area (Å²) in [4.78, 5) is 0. The molecular weight excluding hydrogens is 148 g/mol. The summed E-state index contributed by atoms with van der Waals surface area (Å²) in [5.41, 5.74) is -0.313. The molecule has 0 radical (unpaired) electrons. The lowest BCUT2D eigenvalue weighted by molar-refractivity contribution is 0.215. The third kappa shape index (κ3) is 1.77. The fourth-order valence-electron chi connectivity index (χ4n) is 2.11. The van der Waals surface area contributed by atoms with E-state index in [4.69, 9.17) is 10.5 Å². The van der Waals surface area contributed by atoms with Crippen molar-refractivity contribution in [1.29, 1.82) is 10.5 Å². The van der Waals surface area contributed by atoms with E-state index in [-0.39, 0.29) is 5.41 Å². The second-order valence-corrected chi connectivity index (χ2v) is 3.93. The van der Waals surface area contributed by atoms with Crippen molar-refractivity contribution >= 4 is 0 Å². The summed E-state index contributed by atoms with van der Waals surface area (Å²) in [5.74, 6) is 0.617. The molecule has 0 saturated heterocycles. The van der Waals surface area contributed by atoms with Crippen LogP contribution in [0.4, 0.5) is 0 Å². The van der Waals surface area contributed by atoms with Crippen molar-refractivity contribution in [2.45, 2.75) is 39.0 Å². The molecule has 12 heavy (non-hydrogen) atoms. The highest BCUT2D eigenvalue weighted by molar-refractivity contribution is 5.05. The highest BCUT2D eigenvalue weighted by atomic mass is 14.4. The first kappa shape index (κ1) is 9.07. The van der Waals surface area contributed by atoms with E-state index >= 15 is 0 Å². The van der Waals surface area contributed by atoms with Crippen LogP contribution in [0.15, 0.2) is 0 Å². The molecule has 64 valence electrons. The van der Waals surface area contributed by atoms with Crippen LogP contribution >= 0.6 is 0 Å². The number of nitrogens with zero attached hydrogens (tertiary/aromatic N) is 2. The normalized spacial score (nSPS) is 35.1. The monoisotopic (exact) mass is 162 g/mol. The maximum absolute atomic E-state index is 8.99. The second-order valence-electron chi connectivity index (χ2n) is 3.93. The Labute approximate surface area is 73.8 Å². The van der Waals surface area contributed by atoms with Crippen molar-refractivity contribution < 1.29 is 0 Å².